The Hall–Kier alpha value is -1.67. The zero-order valence-corrected chi connectivity index (χ0v) is 14.4. The number of nitrogens with zero attached hydrogens (tertiary/aromatic N) is 3. The van der Waals surface area contributed by atoms with Crippen LogP contribution in [0.5, 0.6) is 0 Å². The van der Waals surface area contributed by atoms with Gasteiger partial charge in [0, 0.05) is 25.7 Å². The van der Waals surface area contributed by atoms with E-state index in [4.69, 9.17) is 10.8 Å². The number of carbonyl (C=O) groups is 2. The number of rotatable bonds is 6. The molecule has 7 nitrogen and oxygen atoms in total. The molecule has 23 heavy (non-hydrogen) atoms. The van der Waals surface area contributed by atoms with Crippen molar-refractivity contribution in [2.24, 2.45) is 11.7 Å². The minimum atomic E-state index is -1.11. The molecule has 0 aromatic carbocycles. The Balaban J connectivity index is 1.88. The number of piperidine rings is 1. The van der Waals surface area contributed by atoms with E-state index in [-0.39, 0.29) is 25.0 Å². The number of aromatic nitrogens is 1. The van der Waals surface area contributed by atoms with Crippen LogP contribution in [0.25, 0.3) is 0 Å². The lowest BCUT2D eigenvalue weighted by Crippen LogP contribution is -2.48. The van der Waals surface area contributed by atoms with Crippen LogP contribution in [-0.4, -0.2) is 59.6 Å². The molecule has 1 unspecified atom stereocenters. The third-order valence-corrected chi connectivity index (χ3v) is 4.61. The second-order valence-corrected chi connectivity index (χ2v) is 6.47. The van der Waals surface area contributed by atoms with Gasteiger partial charge in [0.25, 0.3) is 0 Å². The second-order valence-electron chi connectivity index (χ2n) is 5.66. The van der Waals surface area contributed by atoms with Crippen LogP contribution in [0.4, 0.5) is 10.6 Å². The fraction of sp³-hybridized carbons (Fsp3) is 0.533. The molecule has 1 fully saturated rings. The minimum Gasteiger partial charge on any atom is -0.465 e. The smallest absolute Gasteiger partial charge is 0.407 e. The summed E-state index contributed by atoms with van der Waals surface area (Å²) in [5.41, 5.74) is 6.16. The highest BCUT2D eigenvalue weighted by Crippen LogP contribution is 2.24. The van der Waals surface area contributed by atoms with E-state index in [1.54, 1.807) is 0 Å². The summed E-state index contributed by atoms with van der Waals surface area (Å²) in [6, 6.07) is 5.55. The summed E-state index contributed by atoms with van der Waals surface area (Å²) in [4.78, 5) is 29.3. The summed E-state index contributed by atoms with van der Waals surface area (Å²) in [5.74, 6) is 1.17. The number of pyridine rings is 1. The number of hydrogen-bond acceptors (Lipinski definition) is 5. The molecule has 0 spiro atoms. The van der Waals surface area contributed by atoms with Gasteiger partial charge >= 0.3 is 6.09 Å². The van der Waals surface area contributed by atoms with Gasteiger partial charge in [-0.1, -0.05) is 6.07 Å². The fourth-order valence-electron chi connectivity index (χ4n) is 2.85. The summed E-state index contributed by atoms with van der Waals surface area (Å²) >= 11 is 3.37. The van der Waals surface area contributed by atoms with Crippen molar-refractivity contribution in [3.05, 3.63) is 22.8 Å². The first-order valence-corrected chi connectivity index (χ1v) is 8.35. The average molecular weight is 385 g/mol. The van der Waals surface area contributed by atoms with Gasteiger partial charge in [0.2, 0.25) is 0 Å². The van der Waals surface area contributed by atoms with E-state index in [1.807, 2.05) is 18.2 Å². The lowest BCUT2D eigenvalue weighted by molar-refractivity contribution is -0.108. The van der Waals surface area contributed by atoms with E-state index < -0.39 is 6.09 Å². The van der Waals surface area contributed by atoms with Gasteiger partial charge in [-0.2, -0.15) is 0 Å². The van der Waals surface area contributed by atoms with Gasteiger partial charge in [0.05, 0.1) is 6.54 Å². The van der Waals surface area contributed by atoms with Gasteiger partial charge < -0.3 is 20.5 Å². The van der Waals surface area contributed by atoms with E-state index in [2.05, 4.69) is 25.8 Å². The zero-order valence-electron chi connectivity index (χ0n) is 12.8. The molecule has 1 aliphatic rings. The standard InChI is InChI=1S/C15H21BrN4O3/c16-13-2-1-3-14(18-13)19-6-4-11(5-7-19)12(17)10-20(8-9-21)15(22)23/h1-3,9,11-12H,4-8,10,17H2,(H,22,23). The van der Waals surface area contributed by atoms with Gasteiger partial charge in [-0.3, -0.25) is 4.90 Å². The molecule has 1 aromatic rings. The number of halogens is 1. The second kappa shape index (κ2) is 8.26. The van der Waals surface area contributed by atoms with Crippen LogP contribution in [0.15, 0.2) is 22.8 Å². The Labute approximate surface area is 143 Å². The van der Waals surface area contributed by atoms with Crippen molar-refractivity contribution >= 4 is 34.1 Å². The Bertz CT molecular complexity index is 549. The number of anilines is 1. The molecule has 1 aromatic heterocycles. The van der Waals surface area contributed by atoms with E-state index in [0.29, 0.717) is 6.29 Å². The van der Waals surface area contributed by atoms with Crippen LogP contribution in [0.1, 0.15) is 12.8 Å². The molecule has 2 rings (SSSR count). The molecule has 8 heteroatoms. The highest BCUT2D eigenvalue weighted by atomic mass is 79.9. The lowest BCUT2D eigenvalue weighted by Gasteiger charge is -2.36. The lowest BCUT2D eigenvalue weighted by atomic mass is 9.89. The van der Waals surface area contributed by atoms with Gasteiger partial charge in [-0.05, 0) is 46.8 Å². The Kier molecular flexibility index (Phi) is 6.35. The minimum absolute atomic E-state index is 0.135. The van der Waals surface area contributed by atoms with Crippen LogP contribution in [0.2, 0.25) is 0 Å². The van der Waals surface area contributed by atoms with E-state index in [9.17, 15) is 9.59 Å². The number of aldehydes is 1. The number of hydrogen-bond donors (Lipinski definition) is 2. The van der Waals surface area contributed by atoms with Crippen molar-refractivity contribution in [3.8, 4) is 0 Å². The van der Waals surface area contributed by atoms with Crippen LogP contribution < -0.4 is 10.6 Å². The van der Waals surface area contributed by atoms with Crippen molar-refractivity contribution in [2.75, 3.05) is 31.1 Å². The predicted octanol–water partition coefficient (Wildman–Crippen LogP) is 1.57. The topological polar surface area (TPSA) is 99.8 Å². The summed E-state index contributed by atoms with van der Waals surface area (Å²) in [5, 5.41) is 9.06. The number of carbonyl (C=O) groups excluding carboxylic acids is 1. The molecule has 0 radical (unpaired) electrons. The molecule has 1 aliphatic heterocycles. The van der Waals surface area contributed by atoms with Gasteiger partial charge in [-0.15, -0.1) is 0 Å². The van der Waals surface area contributed by atoms with Crippen LogP contribution in [0.3, 0.4) is 0 Å². The van der Waals surface area contributed by atoms with E-state index >= 15 is 0 Å². The molecule has 126 valence electrons. The molecule has 1 atom stereocenters. The average Bonchev–Trinajstić information content (AvgIpc) is 2.54. The van der Waals surface area contributed by atoms with Crippen LogP contribution in [-0.2, 0) is 4.79 Å². The number of carboxylic acid groups (broad SMARTS) is 1. The molecule has 0 bridgehead atoms. The SMILES string of the molecule is NC(CN(CC=O)C(=O)O)C1CCN(c2cccc(Br)n2)CC1. The van der Waals surface area contributed by atoms with Crippen molar-refractivity contribution in [1.29, 1.82) is 0 Å². The highest BCUT2D eigenvalue weighted by Gasteiger charge is 2.27. The quantitative estimate of drug-likeness (QED) is 0.570. The maximum Gasteiger partial charge on any atom is 0.407 e. The van der Waals surface area contributed by atoms with Crippen molar-refractivity contribution in [3.63, 3.8) is 0 Å². The predicted molar refractivity (Wildman–Crippen MR) is 90.5 cm³/mol. The molecular weight excluding hydrogens is 364 g/mol. The first-order valence-electron chi connectivity index (χ1n) is 7.56. The molecular formula is C15H21BrN4O3. The Morgan fingerprint density at radius 2 is 2.22 bits per heavy atom. The summed E-state index contributed by atoms with van der Waals surface area (Å²) in [6.45, 7) is 1.73. The number of amides is 1. The molecule has 1 amide bonds. The summed E-state index contributed by atoms with van der Waals surface area (Å²) in [7, 11) is 0. The largest absolute Gasteiger partial charge is 0.465 e. The van der Waals surface area contributed by atoms with Crippen LogP contribution in [0, 0.1) is 5.92 Å². The van der Waals surface area contributed by atoms with E-state index in [1.165, 1.54) is 0 Å². The maximum atomic E-state index is 11.1. The molecule has 0 saturated carbocycles. The first kappa shape index (κ1) is 17.7. The van der Waals surface area contributed by atoms with Crippen molar-refractivity contribution in [1.82, 2.24) is 9.88 Å². The Morgan fingerprint density at radius 1 is 1.52 bits per heavy atom. The van der Waals surface area contributed by atoms with E-state index in [0.717, 1.165) is 41.3 Å². The van der Waals surface area contributed by atoms with Gasteiger partial charge in [-0.25, -0.2) is 9.78 Å². The molecule has 0 aliphatic carbocycles. The first-order chi connectivity index (χ1) is 11.0. The Morgan fingerprint density at radius 3 is 2.78 bits per heavy atom. The fourth-order valence-corrected chi connectivity index (χ4v) is 3.19. The highest BCUT2D eigenvalue weighted by molar-refractivity contribution is 9.10. The molecule has 3 N–H and O–H groups in total. The van der Waals surface area contributed by atoms with Gasteiger partial charge in [0.15, 0.2) is 0 Å². The van der Waals surface area contributed by atoms with Gasteiger partial charge in [0.1, 0.15) is 16.7 Å². The molecule has 2 heterocycles. The summed E-state index contributed by atoms with van der Waals surface area (Å²) in [6.07, 6.45) is 1.24. The third kappa shape index (κ3) is 4.90. The monoisotopic (exact) mass is 384 g/mol. The third-order valence-electron chi connectivity index (χ3n) is 4.17. The normalized spacial score (nSPS) is 16.9. The zero-order chi connectivity index (χ0) is 16.8. The number of nitrogens with two attached hydrogens (primary N) is 1. The summed E-state index contributed by atoms with van der Waals surface area (Å²) < 4.78 is 0.805. The van der Waals surface area contributed by atoms with Crippen molar-refractivity contribution < 1.29 is 14.7 Å². The maximum absolute atomic E-state index is 11.1. The van der Waals surface area contributed by atoms with Crippen LogP contribution >= 0.6 is 15.9 Å². The van der Waals surface area contributed by atoms with Crippen molar-refractivity contribution in [2.45, 2.75) is 18.9 Å². The molecule has 1 saturated heterocycles.